The number of rotatable bonds is 3. The second-order valence-electron chi connectivity index (χ2n) is 4.24. The molecule has 0 unspecified atom stereocenters. The van der Waals surface area contributed by atoms with Gasteiger partial charge in [-0.05, 0) is 43.7 Å². The van der Waals surface area contributed by atoms with Gasteiger partial charge in [0.05, 0.1) is 10.7 Å². The van der Waals surface area contributed by atoms with Crippen LogP contribution < -0.4 is 5.73 Å². The van der Waals surface area contributed by atoms with Crippen molar-refractivity contribution < 1.29 is 0 Å². The third-order valence-electron chi connectivity index (χ3n) is 2.67. The largest absolute Gasteiger partial charge is 0.384 e. The Morgan fingerprint density at radius 1 is 1.33 bits per heavy atom. The highest BCUT2D eigenvalue weighted by molar-refractivity contribution is 7.99. The number of aryl methyl sites for hydroxylation is 3. The van der Waals surface area contributed by atoms with Gasteiger partial charge >= 0.3 is 0 Å². The van der Waals surface area contributed by atoms with Crippen molar-refractivity contribution in [1.29, 1.82) is 5.41 Å². The zero-order valence-electron chi connectivity index (χ0n) is 10.7. The van der Waals surface area contributed by atoms with E-state index in [2.05, 4.69) is 11.2 Å². The predicted octanol–water partition coefficient (Wildman–Crippen LogP) is 2.47. The van der Waals surface area contributed by atoms with Crippen molar-refractivity contribution in [2.75, 3.05) is 0 Å². The maximum atomic E-state index is 7.46. The van der Waals surface area contributed by atoms with Gasteiger partial charge in [-0.3, -0.25) is 10.1 Å². The van der Waals surface area contributed by atoms with E-state index in [1.54, 1.807) is 11.8 Å². The van der Waals surface area contributed by atoms with Crippen LogP contribution in [0.4, 0.5) is 0 Å². The van der Waals surface area contributed by atoms with Gasteiger partial charge in [-0.15, -0.1) is 0 Å². The molecule has 1 aromatic heterocycles. The first kappa shape index (κ1) is 12.7. The van der Waals surface area contributed by atoms with Gasteiger partial charge in [-0.2, -0.15) is 5.10 Å². The van der Waals surface area contributed by atoms with E-state index in [4.69, 9.17) is 11.1 Å². The van der Waals surface area contributed by atoms with Crippen LogP contribution in [0.2, 0.25) is 0 Å². The van der Waals surface area contributed by atoms with Gasteiger partial charge in [-0.25, -0.2) is 0 Å². The van der Waals surface area contributed by atoms with Crippen molar-refractivity contribution in [2.45, 2.75) is 23.8 Å². The highest BCUT2D eigenvalue weighted by Crippen LogP contribution is 2.29. The Labute approximate surface area is 111 Å². The quantitative estimate of drug-likeness (QED) is 0.658. The van der Waals surface area contributed by atoms with E-state index in [1.165, 1.54) is 0 Å². The standard InChI is InChI=1S/C13H16N4S/c1-8-6-10(4-5-11(8)13(14)15)18-12-7-9(2)16-17(12)3/h4-7H,1-3H3,(H3,14,15). The lowest BCUT2D eigenvalue weighted by atomic mass is 10.1. The summed E-state index contributed by atoms with van der Waals surface area (Å²) in [6.45, 7) is 3.95. The van der Waals surface area contributed by atoms with Crippen LogP contribution >= 0.6 is 11.8 Å². The topological polar surface area (TPSA) is 67.7 Å². The Morgan fingerprint density at radius 2 is 2.06 bits per heavy atom. The molecule has 0 aliphatic heterocycles. The minimum atomic E-state index is 0.112. The van der Waals surface area contributed by atoms with Gasteiger partial charge in [-0.1, -0.05) is 11.8 Å². The summed E-state index contributed by atoms with van der Waals surface area (Å²) < 4.78 is 1.87. The molecule has 0 saturated heterocycles. The van der Waals surface area contributed by atoms with Gasteiger partial charge < -0.3 is 5.73 Å². The fourth-order valence-electron chi connectivity index (χ4n) is 1.80. The molecule has 2 aromatic rings. The van der Waals surface area contributed by atoms with Crippen molar-refractivity contribution in [1.82, 2.24) is 9.78 Å². The van der Waals surface area contributed by atoms with Gasteiger partial charge in [0.15, 0.2) is 0 Å². The van der Waals surface area contributed by atoms with Crippen LogP contribution in [0.25, 0.3) is 0 Å². The SMILES string of the molecule is Cc1cc(Sc2ccc(C(=N)N)c(C)c2)n(C)n1. The molecular weight excluding hydrogens is 244 g/mol. The average molecular weight is 260 g/mol. The molecule has 0 fully saturated rings. The maximum absolute atomic E-state index is 7.46. The molecule has 0 spiro atoms. The summed E-state index contributed by atoms with van der Waals surface area (Å²) in [7, 11) is 1.94. The summed E-state index contributed by atoms with van der Waals surface area (Å²) in [5, 5.41) is 12.9. The predicted molar refractivity (Wildman–Crippen MR) is 74.3 cm³/mol. The van der Waals surface area contributed by atoms with Crippen LogP contribution in [-0.4, -0.2) is 15.6 Å². The number of hydrogen-bond donors (Lipinski definition) is 2. The number of nitrogens with one attached hydrogen (secondary N) is 1. The van der Waals surface area contributed by atoms with E-state index in [-0.39, 0.29) is 5.84 Å². The van der Waals surface area contributed by atoms with Gasteiger partial charge in [0.2, 0.25) is 0 Å². The summed E-state index contributed by atoms with van der Waals surface area (Å²) in [5.41, 5.74) is 8.33. The van der Waals surface area contributed by atoms with E-state index >= 15 is 0 Å². The summed E-state index contributed by atoms with van der Waals surface area (Å²) >= 11 is 1.66. The lowest BCUT2D eigenvalue weighted by molar-refractivity contribution is 0.692. The summed E-state index contributed by atoms with van der Waals surface area (Å²) in [5.74, 6) is 0.112. The van der Waals surface area contributed by atoms with E-state index < -0.39 is 0 Å². The van der Waals surface area contributed by atoms with Crippen LogP contribution in [0, 0.1) is 19.3 Å². The van der Waals surface area contributed by atoms with Crippen molar-refractivity contribution >= 4 is 17.6 Å². The van der Waals surface area contributed by atoms with Crippen molar-refractivity contribution in [3.8, 4) is 0 Å². The van der Waals surface area contributed by atoms with Crippen LogP contribution in [0.15, 0.2) is 34.2 Å². The Hall–Kier alpha value is -1.75. The normalized spacial score (nSPS) is 10.6. The fraction of sp³-hybridized carbons (Fsp3) is 0.231. The summed E-state index contributed by atoms with van der Waals surface area (Å²) in [6, 6.07) is 7.97. The molecule has 3 N–H and O–H groups in total. The number of benzene rings is 1. The van der Waals surface area contributed by atoms with Gasteiger partial charge in [0.1, 0.15) is 5.84 Å². The number of hydrogen-bond acceptors (Lipinski definition) is 3. The number of amidine groups is 1. The van der Waals surface area contributed by atoms with Crippen LogP contribution in [0.5, 0.6) is 0 Å². The first-order chi connectivity index (χ1) is 8.47. The number of nitrogens with two attached hydrogens (primary N) is 1. The molecule has 94 valence electrons. The molecule has 0 saturated carbocycles. The first-order valence-electron chi connectivity index (χ1n) is 5.61. The molecule has 1 aromatic carbocycles. The molecule has 4 nitrogen and oxygen atoms in total. The van der Waals surface area contributed by atoms with E-state index in [9.17, 15) is 0 Å². The van der Waals surface area contributed by atoms with Crippen molar-refractivity contribution in [3.63, 3.8) is 0 Å². The Balaban J connectivity index is 2.28. The molecule has 2 rings (SSSR count). The Morgan fingerprint density at radius 3 is 2.56 bits per heavy atom. The monoisotopic (exact) mass is 260 g/mol. The smallest absolute Gasteiger partial charge is 0.123 e. The molecule has 18 heavy (non-hydrogen) atoms. The molecule has 1 heterocycles. The molecule has 0 aliphatic carbocycles. The molecule has 0 atom stereocenters. The zero-order chi connectivity index (χ0) is 13.3. The molecule has 5 heteroatoms. The lowest BCUT2D eigenvalue weighted by Gasteiger charge is -2.07. The summed E-state index contributed by atoms with van der Waals surface area (Å²) in [6.07, 6.45) is 0. The number of nitrogens with zero attached hydrogens (tertiary/aromatic N) is 2. The number of nitrogen functional groups attached to an aromatic ring is 1. The highest BCUT2D eigenvalue weighted by Gasteiger charge is 2.07. The Kier molecular flexibility index (Phi) is 3.43. The molecule has 0 radical (unpaired) electrons. The average Bonchev–Trinajstić information content (AvgIpc) is 2.57. The maximum Gasteiger partial charge on any atom is 0.123 e. The third kappa shape index (κ3) is 2.56. The van der Waals surface area contributed by atoms with E-state index in [0.29, 0.717) is 0 Å². The van der Waals surface area contributed by atoms with Crippen molar-refractivity contribution in [3.05, 3.63) is 41.1 Å². The molecule has 0 amide bonds. The second kappa shape index (κ2) is 4.86. The van der Waals surface area contributed by atoms with E-state index in [1.807, 2.05) is 43.8 Å². The van der Waals surface area contributed by atoms with Crippen molar-refractivity contribution in [2.24, 2.45) is 12.8 Å². The molecular formula is C13H16N4S. The minimum Gasteiger partial charge on any atom is -0.384 e. The summed E-state index contributed by atoms with van der Waals surface area (Å²) in [4.78, 5) is 1.13. The number of aromatic nitrogens is 2. The van der Waals surface area contributed by atoms with Crippen LogP contribution in [0.3, 0.4) is 0 Å². The van der Waals surface area contributed by atoms with Gasteiger partial charge in [0, 0.05) is 17.5 Å². The molecule has 0 aliphatic rings. The molecule has 0 bridgehead atoms. The Bertz CT molecular complexity index is 601. The third-order valence-corrected chi connectivity index (χ3v) is 3.75. The van der Waals surface area contributed by atoms with Gasteiger partial charge in [0.25, 0.3) is 0 Å². The first-order valence-corrected chi connectivity index (χ1v) is 6.42. The van der Waals surface area contributed by atoms with Crippen LogP contribution in [0.1, 0.15) is 16.8 Å². The highest BCUT2D eigenvalue weighted by atomic mass is 32.2. The fourth-order valence-corrected chi connectivity index (χ4v) is 2.82. The van der Waals surface area contributed by atoms with Crippen LogP contribution in [-0.2, 0) is 7.05 Å². The zero-order valence-corrected chi connectivity index (χ0v) is 11.5. The minimum absolute atomic E-state index is 0.112. The second-order valence-corrected chi connectivity index (χ2v) is 5.33. The lowest BCUT2D eigenvalue weighted by Crippen LogP contribution is -2.12. The van der Waals surface area contributed by atoms with E-state index in [0.717, 1.165) is 26.7 Å².